The SMILES string of the molecule is Cc1ccc(C2CNCCC2c2cccc(Cl)c2)cc1. The van der Waals surface area contributed by atoms with Crippen molar-refractivity contribution in [3.8, 4) is 0 Å². The lowest BCUT2D eigenvalue weighted by atomic mass is 9.77. The van der Waals surface area contributed by atoms with E-state index in [9.17, 15) is 0 Å². The zero-order valence-corrected chi connectivity index (χ0v) is 12.5. The molecule has 1 N–H and O–H groups in total. The van der Waals surface area contributed by atoms with E-state index in [1.165, 1.54) is 23.1 Å². The van der Waals surface area contributed by atoms with E-state index < -0.39 is 0 Å². The van der Waals surface area contributed by atoms with E-state index in [0.29, 0.717) is 11.8 Å². The molecule has 104 valence electrons. The van der Waals surface area contributed by atoms with Crippen molar-refractivity contribution in [2.45, 2.75) is 25.2 Å². The van der Waals surface area contributed by atoms with Gasteiger partial charge in [-0.2, -0.15) is 0 Å². The maximum absolute atomic E-state index is 6.16. The molecule has 0 radical (unpaired) electrons. The van der Waals surface area contributed by atoms with E-state index in [0.717, 1.165) is 18.1 Å². The van der Waals surface area contributed by atoms with Gasteiger partial charge in [-0.15, -0.1) is 0 Å². The monoisotopic (exact) mass is 285 g/mol. The van der Waals surface area contributed by atoms with Crippen LogP contribution in [0.15, 0.2) is 48.5 Å². The van der Waals surface area contributed by atoms with Crippen molar-refractivity contribution in [3.05, 3.63) is 70.2 Å². The largest absolute Gasteiger partial charge is 0.316 e. The number of piperidine rings is 1. The molecule has 1 heterocycles. The van der Waals surface area contributed by atoms with Crippen molar-refractivity contribution in [1.29, 1.82) is 0 Å². The van der Waals surface area contributed by atoms with Crippen LogP contribution >= 0.6 is 11.6 Å². The van der Waals surface area contributed by atoms with Crippen LogP contribution in [0.5, 0.6) is 0 Å². The number of rotatable bonds is 2. The third-order valence-corrected chi connectivity index (χ3v) is 4.50. The Morgan fingerprint density at radius 1 is 1.00 bits per heavy atom. The highest BCUT2D eigenvalue weighted by molar-refractivity contribution is 6.30. The molecular weight excluding hydrogens is 266 g/mol. The maximum Gasteiger partial charge on any atom is 0.0408 e. The van der Waals surface area contributed by atoms with E-state index in [2.05, 4.69) is 54.7 Å². The van der Waals surface area contributed by atoms with Gasteiger partial charge in [-0.3, -0.25) is 0 Å². The molecule has 0 bridgehead atoms. The smallest absolute Gasteiger partial charge is 0.0408 e. The van der Waals surface area contributed by atoms with Gasteiger partial charge in [0.1, 0.15) is 0 Å². The van der Waals surface area contributed by atoms with Gasteiger partial charge < -0.3 is 5.32 Å². The Labute approximate surface area is 126 Å². The van der Waals surface area contributed by atoms with Crippen molar-refractivity contribution in [1.82, 2.24) is 5.32 Å². The molecule has 20 heavy (non-hydrogen) atoms. The number of halogens is 1. The fourth-order valence-corrected chi connectivity index (χ4v) is 3.36. The van der Waals surface area contributed by atoms with Crippen LogP contribution in [-0.4, -0.2) is 13.1 Å². The van der Waals surface area contributed by atoms with Crippen molar-refractivity contribution < 1.29 is 0 Å². The molecule has 2 aromatic rings. The first-order chi connectivity index (χ1) is 9.74. The predicted molar refractivity (Wildman–Crippen MR) is 85.6 cm³/mol. The van der Waals surface area contributed by atoms with Gasteiger partial charge in [-0.05, 0) is 49.1 Å². The molecule has 0 amide bonds. The first-order valence-electron chi connectivity index (χ1n) is 7.27. The molecule has 0 aromatic heterocycles. The van der Waals surface area contributed by atoms with Crippen molar-refractivity contribution in [3.63, 3.8) is 0 Å². The molecule has 2 heteroatoms. The number of aryl methyl sites for hydroxylation is 1. The fourth-order valence-electron chi connectivity index (χ4n) is 3.16. The highest BCUT2D eigenvalue weighted by atomic mass is 35.5. The molecule has 1 saturated heterocycles. The van der Waals surface area contributed by atoms with Crippen LogP contribution in [-0.2, 0) is 0 Å². The van der Waals surface area contributed by atoms with Gasteiger partial charge >= 0.3 is 0 Å². The average molecular weight is 286 g/mol. The lowest BCUT2D eigenvalue weighted by molar-refractivity contribution is 0.404. The van der Waals surface area contributed by atoms with E-state index in [4.69, 9.17) is 11.6 Å². The minimum Gasteiger partial charge on any atom is -0.316 e. The van der Waals surface area contributed by atoms with Crippen molar-refractivity contribution in [2.75, 3.05) is 13.1 Å². The van der Waals surface area contributed by atoms with Crippen LogP contribution < -0.4 is 5.32 Å². The summed E-state index contributed by atoms with van der Waals surface area (Å²) in [6.07, 6.45) is 1.17. The van der Waals surface area contributed by atoms with Gasteiger partial charge in [0, 0.05) is 17.5 Å². The van der Waals surface area contributed by atoms with Crippen LogP contribution in [0.4, 0.5) is 0 Å². The van der Waals surface area contributed by atoms with E-state index in [1.807, 2.05) is 6.07 Å². The van der Waals surface area contributed by atoms with Gasteiger partial charge in [-0.1, -0.05) is 53.6 Å². The first-order valence-corrected chi connectivity index (χ1v) is 7.64. The molecule has 0 spiro atoms. The van der Waals surface area contributed by atoms with Crippen LogP contribution in [0.2, 0.25) is 5.02 Å². The summed E-state index contributed by atoms with van der Waals surface area (Å²) in [5.41, 5.74) is 4.11. The van der Waals surface area contributed by atoms with Crippen LogP contribution in [0.25, 0.3) is 0 Å². The van der Waals surface area contributed by atoms with Crippen molar-refractivity contribution in [2.24, 2.45) is 0 Å². The summed E-state index contributed by atoms with van der Waals surface area (Å²) < 4.78 is 0. The van der Waals surface area contributed by atoms with E-state index in [1.54, 1.807) is 0 Å². The molecule has 0 saturated carbocycles. The Balaban J connectivity index is 1.93. The second-order valence-corrected chi connectivity index (χ2v) is 6.11. The van der Waals surface area contributed by atoms with Gasteiger partial charge in [0.05, 0.1) is 0 Å². The topological polar surface area (TPSA) is 12.0 Å². The molecular formula is C18H20ClN. The van der Waals surface area contributed by atoms with Gasteiger partial charge in [0.2, 0.25) is 0 Å². The third-order valence-electron chi connectivity index (χ3n) is 4.26. The summed E-state index contributed by atoms with van der Waals surface area (Å²) in [6.45, 7) is 4.26. The molecule has 2 aromatic carbocycles. The number of nitrogens with one attached hydrogen (secondary N) is 1. The van der Waals surface area contributed by atoms with Crippen molar-refractivity contribution >= 4 is 11.6 Å². The Morgan fingerprint density at radius 3 is 2.55 bits per heavy atom. The summed E-state index contributed by atoms with van der Waals surface area (Å²) in [5, 5.41) is 4.37. The third kappa shape index (κ3) is 2.89. The molecule has 2 unspecified atom stereocenters. The fraction of sp³-hybridized carbons (Fsp3) is 0.333. The summed E-state index contributed by atoms with van der Waals surface area (Å²) in [5.74, 6) is 1.08. The Bertz CT molecular complexity index is 576. The van der Waals surface area contributed by atoms with Crippen LogP contribution in [0.1, 0.15) is 34.9 Å². The first kappa shape index (κ1) is 13.7. The number of benzene rings is 2. The second kappa shape index (κ2) is 5.99. The summed E-state index contributed by atoms with van der Waals surface area (Å²) in [6, 6.07) is 17.3. The Hall–Kier alpha value is -1.31. The highest BCUT2D eigenvalue weighted by Gasteiger charge is 2.27. The molecule has 3 rings (SSSR count). The molecule has 1 nitrogen and oxygen atoms in total. The predicted octanol–water partition coefficient (Wildman–Crippen LogP) is 4.51. The average Bonchev–Trinajstić information content (AvgIpc) is 2.48. The lowest BCUT2D eigenvalue weighted by Gasteiger charge is -2.33. The highest BCUT2D eigenvalue weighted by Crippen LogP contribution is 2.38. The molecule has 1 aliphatic heterocycles. The normalized spacial score (nSPS) is 22.7. The summed E-state index contributed by atoms with van der Waals surface area (Å²) in [7, 11) is 0. The maximum atomic E-state index is 6.16. The number of hydrogen-bond acceptors (Lipinski definition) is 1. The number of hydrogen-bond donors (Lipinski definition) is 1. The molecule has 0 aliphatic carbocycles. The Morgan fingerprint density at radius 2 is 1.80 bits per heavy atom. The lowest BCUT2D eigenvalue weighted by Crippen LogP contribution is -2.34. The zero-order chi connectivity index (χ0) is 13.9. The van der Waals surface area contributed by atoms with Gasteiger partial charge in [0.15, 0.2) is 0 Å². The Kier molecular flexibility index (Phi) is 4.09. The van der Waals surface area contributed by atoms with E-state index >= 15 is 0 Å². The van der Waals surface area contributed by atoms with Crippen LogP contribution in [0, 0.1) is 6.92 Å². The summed E-state index contributed by atoms with van der Waals surface area (Å²) in [4.78, 5) is 0. The van der Waals surface area contributed by atoms with Gasteiger partial charge in [0.25, 0.3) is 0 Å². The second-order valence-electron chi connectivity index (χ2n) is 5.67. The molecule has 2 atom stereocenters. The van der Waals surface area contributed by atoms with Gasteiger partial charge in [-0.25, -0.2) is 0 Å². The van der Waals surface area contributed by atoms with E-state index in [-0.39, 0.29) is 0 Å². The minimum atomic E-state index is 0.530. The standard InChI is InChI=1S/C18H20ClN/c1-13-5-7-14(8-6-13)18-12-20-10-9-17(18)15-3-2-4-16(19)11-15/h2-8,11,17-18,20H,9-10,12H2,1H3. The summed E-state index contributed by atoms with van der Waals surface area (Å²) >= 11 is 6.16. The van der Waals surface area contributed by atoms with Crippen LogP contribution in [0.3, 0.4) is 0 Å². The molecule has 1 aliphatic rings. The minimum absolute atomic E-state index is 0.530. The molecule has 1 fully saturated rings. The quantitative estimate of drug-likeness (QED) is 0.856. The zero-order valence-electron chi connectivity index (χ0n) is 11.8.